The number of carbonyl (C=O) groups excluding carboxylic acids is 3. The molecule has 0 aliphatic carbocycles. The largest absolute Gasteiger partial charge is 0.450 e. The molecule has 3 rings (SSSR count). The molecule has 3 aromatic rings. The summed E-state index contributed by atoms with van der Waals surface area (Å²) in [6, 6.07) is 16.0. The highest BCUT2D eigenvalue weighted by Gasteiger charge is 2.22. The van der Waals surface area contributed by atoms with Crippen LogP contribution >= 0.6 is 0 Å². The van der Waals surface area contributed by atoms with Crippen molar-refractivity contribution in [3.05, 3.63) is 71.5 Å². The molecule has 1 heterocycles. The number of carbonyl (C=O) groups is 3. The van der Waals surface area contributed by atoms with E-state index in [0.29, 0.717) is 17.6 Å². The fraction of sp³-hybridized carbons (Fsp3) is 0.227. The van der Waals surface area contributed by atoms with Gasteiger partial charge in [0.05, 0.1) is 6.04 Å². The number of ether oxygens (including phenoxy) is 1. The van der Waals surface area contributed by atoms with Crippen LogP contribution in [0.3, 0.4) is 0 Å². The Morgan fingerprint density at radius 1 is 1.04 bits per heavy atom. The van der Waals surface area contributed by atoms with Gasteiger partial charge in [-0.25, -0.2) is 4.79 Å². The number of aryl methyl sites for hydroxylation is 1. The molecule has 0 fully saturated rings. The number of hydrogen-bond donors (Lipinski definition) is 1. The van der Waals surface area contributed by atoms with Crippen LogP contribution in [-0.2, 0) is 20.7 Å². The molecule has 0 saturated heterocycles. The average molecular weight is 379 g/mol. The first-order chi connectivity index (χ1) is 13.5. The van der Waals surface area contributed by atoms with E-state index in [-0.39, 0.29) is 11.5 Å². The van der Waals surface area contributed by atoms with Crippen LogP contribution in [0.4, 0.5) is 0 Å². The van der Waals surface area contributed by atoms with Gasteiger partial charge in [0.2, 0.25) is 5.76 Å². The van der Waals surface area contributed by atoms with Gasteiger partial charge in [-0.3, -0.25) is 9.59 Å². The van der Waals surface area contributed by atoms with Crippen LogP contribution in [0.1, 0.15) is 28.6 Å². The lowest BCUT2D eigenvalue weighted by Gasteiger charge is -2.16. The molecule has 2 aromatic carbocycles. The number of para-hydroxylation sites is 1. The molecule has 6 nitrogen and oxygen atoms in total. The predicted octanol–water partition coefficient (Wildman–Crippen LogP) is 3.21. The second kappa shape index (κ2) is 8.52. The van der Waals surface area contributed by atoms with Crippen molar-refractivity contribution in [1.29, 1.82) is 0 Å². The molecule has 1 N–H and O–H groups in total. The predicted molar refractivity (Wildman–Crippen MR) is 104 cm³/mol. The summed E-state index contributed by atoms with van der Waals surface area (Å²) in [5.74, 6) is -1.36. The molecule has 1 atom stereocenters. The van der Waals surface area contributed by atoms with Crippen LogP contribution in [0.25, 0.3) is 11.0 Å². The Balaban J connectivity index is 1.59. The normalized spacial score (nSPS) is 11.8. The number of amides is 1. The second-order valence-electron chi connectivity index (χ2n) is 6.55. The first kappa shape index (κ1) is 19.4. The fourth-order valence-electron chi connectivity index (χ4n) is 2.95. The van der Waals surface area contributed by atoms with E-state index in [1.165, 1.54) is 6.92 Å². The Hall–Kier alpha value is -3.41. The fourth-order valence-corrected chi connectivity index (χ4v) is 2.95. The SMILES string of the molecule is CC(=O)[C@H](Cc1ccccc1)NC(=O)COC(=O)c1oc2ccccc2c1C. The average Bonchev–Trinajstić information content (AvgIpc) is 3.03. The Morgan fingerprint density at radius 3 is 2.39 bits per heavy atom. The molecular weight excluding hydrogens is 358 g/mol. The zero-order chi connectivity index (χ0) is 20.1. The standard InChI is InChI=1S/C22H21NO5/c1-14-17-10-6-7-11-19(17)28-21(14)22(26)27-13-20(25)23-18(15(2)24)12-16-8-4-3-5-9-16/h3-11,18H,12-13H2,1-2H3,(H,23,25)/t18-/m0/s1. The summed E-state index contributed by atoms with van der Waals surface area (Å²) in [6.07, 6.45) is 0.374. The number of ketones is 1. The number of esters is 1. The lowest BCUT2D eigenvalue weighted by Crippen LogP contribution is -2.43. The van der Waals surface area contributed by atoms with Gasteiger partial charge in [-0.05, 0) is 31.9 Å². The summed E-state index contributed by atoms with van der Waals surface area (Å²) in [5.41, 5.74) is 2.17. The molecule has 0 bridgehead atoms. The van der Waals surface area contributed by atoms with Crippen molar-refractivity contribution in [1.82, 2.24) is 5.32 Å². The molecule has 0 aliphatic heterocycles. The molecule has 0 aliphatic rings. The summed E-state index contributed by atoms with van der Waals surface area (Å²) in [7, 11) is 0. The number of benzene rings is 2. The topological polar surface area (TPSA) is 85.6 Å². The molecule has 0 spiro atoms. The van der Waals surface area contributed by atoms with Gasteiger partial charge in [-0.2, -0.15) is 0 Å². The highest BCUT2D eigenvalue weighted by atomic mass is 16.5. The first-order valence-electron chi connectivity index (χ1n) is 8.94. The van der Waals surface area contributed by atoms with E-state index in [1.807, 2.05) is 48.5 Å². The van der Waals surface area contributed by atoms with Crippen molar-refractivity contribution in [3.8, 4) is 0 Å². The summed E-state index contributed by atoms with van der Waals surface area (Å²) in [6.45, 7) is 2.68. The highest BCUT2D eigenvalue weighted by Crippen LogP contribution is 2.25. The van der Waals surface area contributed by atoms with E-state index >= 15 is 0 Å². The quantitative estimate of drug-likeness (QED) is 0.637. The summed E-state index contributed by atoms with van der Waals surface area (Å²) < 4.78 is 10.6. The van der Waals surface area contributed by atoms with Crippen molar-refractivity contribution in [2.24, 2.45) is 0 Å². The van der Waals surface area contributed by atoms with Gasteiger partial charge < -0.3 is 14.5 Å². The molecule has 0 radical (unpaired) electrons. The van der Waals surface area contributed by atoms with E-state index in [4.69, 9.17) is 9.15 Å². The number of Topliss-reactive ketones (excluding diaryl/α,β-unsaturated/α-hetero) is 1. The van der Waals surface area contributed by atoms with Crippen LogP contribution in [0.15, 0.2) is 59.0 Å². The third kappa shape index (κ3) is 4.46. The number of nitrogens with one attached hydrogen (secondary N) is 1. The van der Waals surface area contributed by atoms with Gasteiger partial charge in [0.25, 0.3) is 5.91 Å². The summed E-state index contributed by atoms with van der Waals surface area (Å²) in [4.78, 5) is 36.3. The molecule has 144 valence electrons. The van der Waals surface area contributed by atoms with Crippen LogP contribution in [0.5, 0.6) is 0 Å². The van der Waals surface area contributed by atoms with E-state index in [0.717, 1.165) is 10.9 Å². The second-order valence-corrected chi connectivity index (χ2v) is 6.55. The van der Waals surface area contributed by atoms with Crippen molar-refractivity contribution >= 4 is 28.6 Å². The van der Waals surface area contributed by atoms with Crippen molar-refractivity contribution < 1.29 is 23.5 Å². The maximum Gasteiger partial charge on any atom is 0.375 e. The first-order valence-corrected chi connectivity index (χ1v) is 8.94. The lowest BCUT2D eigenvalue weighted by atomic mass is 10.0. The number of fused-ring (bicyclic) bond motifs is 1. The molecule has 28 heavy (non-hydrogen) atoms. The van der Waals surface area contributed by atoms with Gasteiger partial charge in [-0.15, -0.1) is 0 Å². The van der Waals surface area contributed by atoms with Crippen LogP contribution in [-0.4, -0.2) is 30.3 Å². The lowest BCUT2D eigenvalue weighted by molar-refractivity contribution is -0.128. The monoisotopic (exact) mass is 379 g/mol. The van der Waals surface area contributed by atoms with Gasteiger partial charge >= 0.3 is 5.97 Å². The maximum absolute atomic E-state index is 12.3. The van der Waals surface area contributed by atoms with Gasteiger partial charge in [0.1, 0.15) is 5.58 Å². The Labute approximate surface area is 162 Å². The molecular formula is C22H21NO5. The molecule has 1 amide bonds. The minimum Gasteiger partial charge on any atom is -0.450 e. The molecule has 0 saturated carbocycles. The van der Waals surface area contributed by atoms with Crippen LogP contribution in [0.2, 0.25) is 0 Å². The third-order valence-corrected chi connectivity index (χ3v) is 4.47. The van der Waals surface area contributed by atoms with Crippen molar-refractivity contribution in [2.45, 2.75) is 26.3 Å². The highest BCUT2D eigenvalue weighted by molar-refractivity contribution is 5.97. The Bertz CT molecular complexity index is 1010. The number of furan rings is 1. The molecule has 6 heteroatoms. The van der Waals surface area contributed by atoms with Crippen LogP contribution < -0.4 is 5.32 Å². The van der Waals surface area contributed by atoms with Gasteiger partial charge in [0, 0.05) is 10.9 Å². The van der Waals surface area contributed by atoms with Crippen molar-refractivity contribution in [3.63, 3.8) is 0 Å². The number of hydrogen-bond acceptors (Lipinski definition) is 5. The summed E-state index contributed by atoms with van der Waals surface area (Å²) >= 11 is 0. The van der Waals surface area contributed by atoms with Gasteiger partial charge in [-0.1, -0.05) is 48.5 Å². The zero-order valence-electron chi connectivity index (χ0n) is 15.7. The molecule has 0 unspecified atom stereocenters. The van der Waals surface area contributed by atoms with E-state index in [1.54, 1.807) is 13.0 Å². The Morgan fingerprint density at radius 2 is 1.71 bits per heavy atom. The minimum absolute atomic E-state index is 0.0707. The minimum atomic E-state index is -0.716. The molecule has 1 aromatic heterocycles. The van der Waals surface area contributed by atoms with E-state index < -0.39 is 24.5 Å². The Kier molecular flexibility index (Phi) is 5.89. The third-order valence-electron chi connectivity index (χ3n) is 4.47. The maximum atomic E-state index is 12.3. The smallest absolute Gasteiger partial charge is 0.375 e. The van der Waals surface area contributed by atoms with Gasteiger partial charge in [0.15, 0.2) is 12.4 Å². The number of rotatable bonds is 7. The van der Waals surface area contributed by atoms with E-state index in [9.17, 15) is 14.4 Å². The van der Waals surface area contributed by atoms with Crippen molar-refractivity contribution in [2.75, 3.05) is 6.61 Å². The summed E-state index contributed by atoms with van der Waals surface area (Å²) in [5, 5.41) is 3.43. The van der Waals surface area contributed by atoms with Crippen LogP contribution in [0, 0.1) is 6.92 Å². The zero-order valence-corrected chi connectivity index (χ0v) is 15.7. The van der Waals surface area contributed by atoms with E-state index in [2.05, 4.69) is 5.32 Å².